The molecule has 0 aromatic heterocycles. The summed E-state index contributed by atoms with van der Waals surface area (Å²) in [7, 11) is 0. The highest BCUT2D eigenvalue weighted by atomic mass is 16.5. The average molecular weight is 211 g/mol. The molecule has 3 nitrogen and oxygen atoms in total. The van der Waals surface area contributed by atoms with E-state index in [0.29, 0.717) is 12.5 Å². The number of esters is 1. The normalized spacial score (nSPS) is 32.1. The second-order valence-corrected chi connectivity index (χ2v) is 4.78. The Morgan fingerprint density at radius 2 is 2.20 bits per heavy atom. The van der Waals surface area contributed by atoms with Crippen LogP contribution in [-0.2, 0) is 9.53 Å². The van der Waals surface area contributed by atoms with Crippen molar-refractivity contribution < 1.29 is 9.53 Å². The lowest BCUT2D eigenvalue weighted by atomic mass is 9.73. The van der Waals surface area contributed by atoms with Gasteiger partial charge in [0.1, 0.15) is 0 Å². The summed E-state index contributed by atoms with van der Waals surface area (Å²) < 4.78 is 5.26. The van der Waals surface area contributed by atoms with Crippen molar-refractivity contribution in [3.63, 3.8) is 0 Å². The van der Waals surface area contributed by atoms with Gasteiger partial charge in [-0.15, -0.1) is 0 Å². The zero-order valence-corrected chi connectivity index (χ0v) is 9.55. The molecule has 1 atom stereocenters. The van der Waals surface area contributed by atoms with Gasteiger partial charge in [0.25, 0.3) is 0 Å². The predicted molar refractivity (Wildman–Crippen MR) is 58.5 cm³/mol. The minimum absolute atomic E-state index is 0.0434. The van der Waals surface area contributed by atoms with E-state index in [2.05, 4.69) is 5.32 Å². The number of carbonyl (C=O) groups excluding carboxylic acids is 1. The van der Waals surface area contributed by atoms with E-state index in [0.717, 1.165) is 19.5 Å². The standard InChI is InChI=1S/C12H21NO2/c1-2-15-11(14)12(7-8-13-9-12)10-5-3-4-6-10/h10,13H,2-9H2,1H3. The number of carbonyl (C=O) groups is 1. The van der Waals surface area contributed by atoms with Gasteiger partial charge in [-0.2, -0.15) is 0 Å². The van der Waals surface area contributed by atoms with Gasteiger partial charge in [0.2, 0.25) is 0 Å². The summed E-state index contributed by atoms with van der Waals surface area (Å²) in [6.45, 7) is 4.20. The van der Waals surface area contributed by atoms with Crippen molar-refractivity contribution in [2.24, 2.45) is 11.3 Å². The van der Waals surface area contributed by atoms with Crippen LogP contribution >= 0.6 is 0 Å². The van der Waals surface area contributed by atoms with Crippen LogP contribution in [0.3, 0.4) is 0 Å². The molecule has 2 rings (SSSR count). The Balaban J connectivity index is 2.11. The molecule has 2 fully saturated rings. The van der Waals surface area contributed by atoms with Crippen LogP contribution in [-0.4, -0.2) is 25.7 Å². The first kappa shape index (κ1) is 10.9. The van der Waals surface area contributed by atoms with Crippen molar-refractivity contribution in [2.45, 2.75) is 39.0 Å². The van der Waals surface area contributed by atoms with Crippen LogP contribution < -0.4 is 5.32 Å². The molecule has 0 aromatic rings. The van der Waals surface area contributed by atoms with Crippen molar-refractivity contribution in [3.05, 3.63) is 0 Å². The van der Waals surface area contributed by atoms with Crippen LogP contribution in [0.2, 0.25) is 0 Å². The van der Waals surface area contributed by atoms with E-state index in [1.54, 1.807) is 0 Å². The third-order valence-corrected chi connectivity index (χ3v) is 4.01. The fourth-order valence-electron chi connectivity index (χ4n) is 3.15. The Kier molecular flexibility index (Phi) is 3.29. The van der Waals surface area contributed by atoms with E-state index in [4.69, 9.17) is 4.74 Å². The molecule has 1 aliphatic heterocycles. The third kappa shape index (κ3) is 1.89. The number of hydrogen-bond donors (Lipinski definition) is 1. The Morgan fingerprint density at radius 1 is 1.47 bits per heavy atom. The molecular weight excluding hydrogens is 190 g/mol. The lowest BCUT2D eigenvalue weighted by Gasteiger charge is -2.31. The Labute approximate surface area is 91.6 Å². The zero-order valence-electron chi connectivity index (χ0n) is 9.55. The van der Waals surface area contributed by atoms with Crippen molar-refractivity contribution in [2.75, 3.05) is 19.7 Å². The fourth-order valence-corrected chi connectivity index (χ4v) is 3.15. The van der Waals surface area contributed by atoms with Crippen LogP contribution in [0, 0.1) is 11.3 Å². The third-order valence-electron chi connectivity index (χ3n) is 4.01. The average Bonchev–Trinajstić information content (AvgIpc) is 2.90. The molecule has 86 valence electrons. The molecule has 0 spiro atoms. The van der Waals surface area contributed by atoms with Gasteiger partial charge in [-0.25, -0.2) is 0 Å². The van der Waals surface area contributed by atoms with Gasteiger partial charge in [0.05, 0.1) is 12.0 Å². The van der Waals surface area contributed by atoms with Gasteiger partial charge < -0.3 is 10.1 Å². The van der Waals surface area contributed by atoms with Crippen molar-refractivity contribution in [3.8, 4) is 0 Å². The topological polar surface area (TPSA) is 38.3 Å². The monoisotopic (exact) mass is 211 g/mol. The summed E-state index contributed by atoms with van der Waals surface area (Å²) >= 11 is 0. The zero-order chi connectivity index (χ0) is 10.7. The number of rotatable bonds is 3. The quantitative estimate of drug-likeness (QED) is 0.722. The number of hydrogen-bond acceptors (Lipinski definition) is 3. The van der Waals surface area contributed by atoms with Crippen LogP contribution in [0.25, 0.3) is 0 Å². The Morgan fingerprint density at radius 3 is 2.73 bits per heavy atom. The molecule has 1 saturated carbocycles. The lowest BCUT2D eigenvalue weighted by molar-refractivity contribution is -0.157. The first-order chi connectivity index (χ1) is 7.29. The van der Waals surface area contributed by atoms with Crippen LogP contribution in [0.5, 0.6) is 0 Å². The predicted octanol–water partition coefficient (Wildman–Crippen LogP) is 1.72. The molecule has 1 saturated heterocycles. The first-order valence-electron chi connectivity index (χ1n) is 6.17. The largest absolute Gasteiger partial charge is 0.466 e. The van der Waals surface area contributed by atoms with E-state index in [-0.39, 0.29) is 11.4 Å². The van der Waals surface area contributed by atoms with Gasteiger partial charge in [0, 0.05) is 6.54 Å². The second-order valence-electron chi connectivity index (χ2n) is 4.78. The maximum atomic E-state index is 12.1. The molecule has 1 aliphatic carbocycles. The minimum Gasteiger partial charge on any atom is -0.466 e. The van der Waals surface area contributed by atoms with Crippen LogP contribution in [0.4, 0.5) is 0 Å². The van der Waals surface area contributed by atoms with Crippen molar-refractivity contribution in [1.29, 1.82) is 0 Å². The first-order valence-corrected chi connectivity index (χ1v) is 6.17. The SMILES string of the molecule is CCOC(=O)C1(C2CCCC2)CCNC1. The van der Waals surface area contributed by atoms with Gasteiger partial charge in [-0.05, 0) is 38.6 Å². The summed E-state index contributed by atoms with van der Waals surface area (Å²) in [5.74, 6) is 0.605. The molecule has 1 unspecified atom stereocenters. The fraction of sp³-hybridized carbons (Fsp3) is 0.917. The van der Waals surface area contributed by atoms with E-state index in [1.165, 1.54) is 25.7 Å². The molecule has 0 bridgehead atoms. The van der Waals surface area contributed by atoms with E-state index >= 15 is 0 Å². The molecular formula is C12H21NO2. The maximum Gasteiger partial charge on any atom is 0.313 e. The minimum atomic E-state index is -0.188. The Hall–Kier alpha value is -0.570. The summed E-state index contributed by atoms with van der Waals surface area (Å²) in [4.78, 5) is 12.1. The highest BCUT2D eigenvalue weighted by Crippen LogP contribution is 2.44. The molecule has 15 heavy (non-hydrogen) atoms. The molecule has 0 aromatic carbocycles. The van der Waals surface area contributed by atoms with Crippen LogP contribution in [0.15, 0.2) is 0 Å². The van der Waals surface area contributed by atoms with E-state index in [1.807, 2.05) is 6.92 Å². The smallest absolute Gasteiger partial charge is 0.313 e. The molecule has 1 N–H and O–H groups in total. The summed E-state index contributed by atoms with van der Waals surface area (Å²) in [5.41, 5.74) is -0.188. The summed E-state index contributed by atoms with van der Waals surface area (Å²) in [5, 5.41) is 3.33. The van der Waals surface area contributed by atoms with Crippen molar-refractivity contribution >= 4 is 5.97 Å². The van der Waals surface area contributed by atoms with Crippen molar-refractivity contribution in [1.82, 2.24) is 5.32 Å². The highest BCUT2D eigenvalue weighted by Gasteiger charge is 2.49. The van der Waals surface area contributed by atoms with Crippen LogP contribution in [0.1, 0.15) is 39.0 Å². The summed E-state index contributed by atoms with van der Waals surface area (Å²) in [6.07, 6.45) is 5.95. The Bertz CT molecular complexity index is 228. The lowest BCUT2D eigenvalue weighted by Crippen LogP contribution is -2.41. The van der Waals surface area contributed by atoms with Gasteiger partial charge in [0.15, 0.2) is 0 Å². The highest BCUT2D eigenvalue weighted by molar-refractivity contribution is 5.78. The van der Waals surface area contributed by atoms with Gasteiger partial charge >= 0.3 is 5.97 Å². The molecule has 1 heterocycles. The number of nitrogens with one attached hydrogen (secondary N) is 1. The summed E-state index contributed by atoms with van der Waals surface area (Å²) in [6, 6.07) is 0. The van der Waals surface area contributed by atoms with E-state index in [9.17, 15) is 4.79 Å². The molecule has 0 radical (unpaired) electrons. The second kappa shape index (κ2) is 4.52. The molecule has 0 amide bonds. The van der Waals surface area contributed by atoms with Gasteiger partial charge in [-0.3, -0.25) is 4.79 Å². The van der Waals surface area contributed by atoms with Gasteiger partial charge in [-0.1, -0.05) is 12.8 Å². The maximum absolute atomic E-state index is 12.1. The molecule has 2 aliphatic rings. The van der Waals surface area contributed by atoms with E-state index < -0.39 is 0 Å². The molecule has 3 heteroatoms. The number of ether oxygens (including phenoxy) is 1.